The third-order valence-corrected chi connectivity index (χ3v) is 4.06. The number of carbonyl (C=O) groups excluding carboxylic acids is 1. The van der Waals surface area contributed by atoms with Gasteiger partial charge in [-0.3, -0.25) is 9.79 Å². The summed E-state index contributed by atoms with van der Waals surface area (Å²) in [5.41, 5.74) is 7.46. The van der Waals surface area contributed by atoms with Crippen molar-refractivity contribution in [1.82, 2.24) is 10.6 Å². The van der Waals surface area contributed by atoms with Crippen LogP contribution in [0.3, 0.4) is 0 Å². The zero-order chi connectivity index (χ0) is 19.5. The van der Waals surface area contributed by atoms with E-state index in [9.17, 15) is 4.79 Å². The minimum atomic E-state index is -0.493. The van der Waals surface area contributed by atoms with Gasteiger partial charge in [0.25, 0.3) is 5.91 Å². The highest BCUT2D eigenvalue weighted by Crippen LogP contribution is 2.13. The number of carbonyl (C=O) groups is 1. The zero-order valence-electron chi connectivity index (χ0n) is 16.4. The van der Waals surface area contributed by atoms with E-state index in [1.807, 2.05) is 24.3 Å². The van der Waals surface area contributed by atoms with E-state index in [4.69, 9.17) is 10.5 Å². The van der Waals surface area contributed by atoms with Crippen LogP contribution in [-0.2, 0) is 17.8 Å². The van der Waals surface area contributed by atoms with Crippen molar-refractivity contribution >= 4 is 35.8 Å². The van der Waals surface area contributed by atoms with Crippen LogP contribution in [0.2, 0.25) is 0 Å². The summed E-state index contributed by atoms with van der Waals surface area (Å²) in [6.07, 6.45) is 2.03. The minimum absolute atomic E-state index is 0. The number of halogens is 1. The Hall–Kier alpha value is -2.29. The number of guanidine groups is 1. The predicted molar refractivity (Wildman–Crippen MR) is 124 cm³/mol. The van der Waals surface area contributed by atoms with E-state index in [2.05, 4.69) is 46.8 Å². The highest BCUT2D eigenvalue weighted by Gasteiger charge is 2.06. The molecule has 2 aromatic carbocycles. The lowest BCUT2D eigenvalue weighted by Gasteiger charge is -2.18. The van der Waals surface area contributed by atoms with Gasteiger partial charge in [0.05, 0.1) is 0 Å². The van der Waals surface area contributed by atoms with Crippen LogP contribution in [-0.4, -0.2) is 31.6 Å². The van der Waals surface area contributed by atoms with Crippen LogP contribution >= 0.6 is 24.0 Å². The lowest BCUT2D eigenvalue weighted by molar-refractivity contribution is -0.119. The number of hydrogen-bond acceptors (Lipinski definition) is 3. The van der Waals surface area contributed by atoms with E-state index in [0.29, 0.717) is 18.3 Å². The first-order valence-electron chi connectivity index (χ1n) is 9.08. The molecule has 0 aliphatic rings. The van der Waals surface area contributed by atoms with Gasteiger partial charge in [-0.1, -0.05) is 42.5 Å². The lowest BCUT2D eigenvalue weighted by atomic mass is 10.1. The molecule has 28 heavy (non-hydrogen) atoms. The third kappa shape index (κ3) is 9.07. The highest BCUT2D eigenvalue weighted by molar-refractivity contribution is 14.0. The molecule has 0 heterocycles. The molecule has 152 valence electrons. The molecule has 0 bridgehead atoms. The first-order valence-corrected chi connectivity index (χ1v) is 9.08. The smallest absolute Gasteiger partial charge is 0.255 e. The molecule has 0 radical (unpaired) electrons. The van der Waals surface area contributed by atoms with Gasteiger partial charge in [-0.25, -0.2) is 0 Å². The second kappa shape index (κ2) is 13.0. The number of hydrogen-bond donors (Lipinski definition) is 3. The van der Waals surface area contributed by atoms with Crippen molar-refractivity contribution in [3.05, 3.63) is 65.7 Å². The molecule has 7 heteroatoms. The van der Waals surface area contributed by atoms with Crippen LogP contribution in [0.25, 0.3) is 0 Å². The lowest BCUT2D eigenvalue weighted by Crippen LogP contribution is -2.42. The van der Waals surface area contributed by atoms with Crippen LogP contribution in [0.15, 0.2) is 59.6 Å². The number of nitrogens with two attached hydrogens (primary N) is 1. The Bertz CT molecular complexity index is 753. The molecule has 4 N–H and O–H groups in total. The summed E-state index contributed by atoms with van der Waals surface area (Å²) in [7, 11) is 1.76. The number of nitrogens with zero attached hydrogens (tertiary/aromatic N) is 1. The van der Waals surface area contributed by atoms with Crippen LogP contribution in [0.4, 0.5) is 0 Å². The van der Waals surface area contributed by atoms with Crippen LogP contribution in [0, 0.1) is 0 Å². The summed E-state index contributed by atoms with van der Waals surface area (Å²) in [5, 5.41) is 6.71. The Balaban J connectivity index is 0.00000392. The van der Waals surface area contributed by atoms with E-state index in [0.717, 1.165) is 24.4 Å². The molecule has 0 saturated carbocycles. The van der Waals surface area contributed by atoms with Crippen LogP contribution < -0.4 is 21.1 Å². The van der Waals surface area contributed by atoms with Crippen molar-refractivity contribution in [3.8, 4) is 5.75 Å². The largest absolute Gasteiger partial charge is 0.484 e. The highest BCUT2D eigenvalue weighted by atomic mass is 127. The van der Waals surface area contributed by atoms with Crippen molar-refractivity contribution in [3.63, 3.8) is 0 Å². The molecule has 0 fully saturated rings. The molecule has 1 unspecified atom stereocenters. The Morgan fingerprint density at radius 3 is 2.54 bits per heavy atom. The standard InChI is InChI=1S/C21H28N4O2.HI/c1-16(11-12-17-7-4-3-5-8-17)25-21(23-2)24-14-18-9-6-10-19(13-18)27-15-20(22)26;/h3-10,13,16H,11-12,14-15H2,1-2H3,(H2,22,26)(H2,23,24,25);1H. The van der Waals surface area contributed by atoms with Gasteiger partial charge in [0.2, 0.25) is 0 Å². The monoisotopic (exact) mass is 496 g/mol. The van der Waals surface area contributed by atoms with E-state index in [-0.39, 0.29) is 30.6 Å². The van der Waals surface area contributed by atoms with E-state index < -0.39 is 5.91 Å². The molecule has 1 amide bonds. The van der Waals surface area contributed by atoms with Gasteiger partial charge in [0, 0.05) is 19.6 Å². The van der Waals surface area contributed by atoms with Gasteiger partial charge in [-0.15, -0.1) is 24.0 Å². The number of aryl methyl sites for hydroxylation is 1. The Morgan fingerprint density at radius 1 is 1.14 bits per heavy atom. The average Bonchev–Trinajstić information content (AvgIpc) is 2.69. The van der Waals surface area contributed by atoms with E-state index >= 15 is 0 Å². The molecular formula is C21H29IN4O2. The van der Waals surface area contributed by atoms with Gasteiger partial charge in [0.15, 0.2) is 12.6 Å². The van der Waals surface area contributed by atoms with E-state index in [1.54, 1.807) is 13.1 Å². The van der Waals surface area contributed by atoms with Gasteiger partial charge in [0.1, 0.15) is 5.75 Å². The summed E-state index contributed by atoms with van der Waals surface area (Å²) in [6.45, 7) is 2.62. The molecule has 2 rings (SSSR count). The van der Waals surface area contributed by atoms with Gasteiger partial charge in [-0.2, -0.15) is 0 Å². The molecule has 2 aromatic rings. The fraction of sp³-hybridized carbons (Fsp3) is 0.333. The fourth-order valence-electron chi connectivity index (χ4n) is 2.61. The quantitative estimate of drug-likeness (QED) is 0.283. The summed E-state index contributed by atoms with van der Waals surface area (Å²) in [4.78, 5) is 15.1. The zero-order valence-corrected chi connectivity index (χ0v) is 18.7. The number of amides is 1. The second-order valence-electron chi connectivity index (χ2n) is 6.40. The number of benzene rings is 2. The van der Waals surface area contributed by atoms with Gasteiger partial charge in [-0.05, 0) is 43.0 Å². The van der Waals surface area contributed by atoms with Crippen LogP contribution in [0.5, 0.6) is 5.75 Å². The van der Waals surface area contributed by atoms with Gasteiger partial charge >= 0.3 is 0 Å². The minimum Gasteiger partial charge on any atom is -0.484 e. The molecule has 0 aliphatic heterocycles. The average molecular weight is 496 g/mol. The first kappa shape index (κ1) is 23.7. The first-order chi connectivity index (χ1) is 13.1. The van der Waals surface area contributed by atoms with Crippen molar-refractivity contribution in [1.29, 1.82) is 0 Å². The molecular weight excluding hydrogens is 467 g/mol. The molecule has 0 aromatic heterocycles. The summed E-state index contributed by atoms with van der Waals surface area (Å²) < 4.78 is 5.33. The SMILES string of the molecule is CN=C(NCc1cccc(OCC(N)=O)c1)NC(C)CCc1ccccc1.I. The number of primary amides is 1. The normalized spacial score (nSPS) is 11.9. The Labute approximate surface area is 184 Å². The van der Waals surface area contributed by atoms with Gasteiger partial charge < -0.3 is 21.1 Å². The Kier molecular flexibility index (Phi) is 11.0. The van der Waals surface area contributed by atoms with Crippen molar-refractivity contribution in [2.45, 2.75) is 32.4 Å². The molecule has 0 spiro atoms. The summed E-state index contributed by atoms with van der Waals surface area (Å²) in [5.74, 6) is 0.874. The number of ether oxygens (including phenoxy) is 1. The molecule has 6 nitrogen and oxygen atoms in total. The Morgan fingerprint density at radius 2 is 1.86 bits per heavy atom. The summed E-state index contributed by atoms with van der Waals surface area (Å²) in [6, 6.07) is 18.3. The second-order valence-corrected chi connectivity index (χ2v) is 6.40. The van der Waals surface area contributed by atoms with Crippen molar-refractivity contribution in [2.24, 2.45) is 10.7 Å². The fourth-order valence-corrected chi connectivity index (χ4v) is 2.61. The third-order valence-electron chi connectivity index (χ3n) is 4.06. The van der Waals surface area contributed by atoms with Crippen LogP contribution in [0.1, 0.15) is 24.5 Å². The number of rotatable bonds is 9. The maximum atomic E-state index is 10.8. The molecule has 0 aliphatic carbocycles. The van der Waals surface area contributed by atoms with Crippen molar-refractivity contribution < 1.29 is 9.53 Å². The maximum absolute atomic E-state index is 10.8. The summed E-state index contributed by atoms with van der Waals surface area (Å²) >= 11 is 0. The molecule has 1 atom stereocenters. The topological polar surface area (TPSA) is 88.7 Å². The van der Waals surface area contributed by atoms with Crippen molar-refractivity contribution in [2.75, 3.05) is 13.7 Å². The van der Waals surface area contributed by atoms with E-state index in [1.165, 1.54) is 5.56 Å². The molecule has 0 saturated heterocycles. The number of nitrogens with one attached hydrogen (secondary N) is 2. The predicted octanol–water partition coefficient (Wildman–Crippen LogP) is 2.86. The number of aliphatic imine (C=N–C) groups is 1. The maximum Gasteiger partial charge on any atom is 0.255 e.